The molecule has 82 valence electrons. The van der Waals surface area contributed by atoms with Crippen LogP contribution in [-0.4, -0.2) is 27.9 Å². The fourth-order valence-electron chi connectivity index (χ4n) is 1.98. The SMILES string of the molecule is Cc1cccc2c1OCCC2C(O)(O)O. The van der Waals surface area contributed by atoms with E-state index in [4.69, 9.17) is 4.74 Å². The summed E-state index contributed by atoms with van der Waals surface area (Å²) in [5.41, 5.74) is 1.58. The first-order valence-corrected chi connectivity index (χ1v) is 4.89. The van der Waals surface area contributed by atoms with Gasteiger partial charge in [-0.15, -0.1) is 0 Å². The molecule has 1 atom stereocenters. The number of aryl methyl sites for hydroxylation is 1. The minimum atomic E-state index is -2.67. The number of aliphatic hydroxyl groups is 3. The van der Waals surface area contributed by atoms with E-state index in [9.17, 15) is 15.3 Å². The molecule has 1 aliphatic rings. The summed E-state index contributed by atoms with van der Waals surface area (Å²) in [6, 6.07) is 5.43. The van der Waals surface area contributed by atoms with Crippen LogP contribution in [0.1, 0.15) is 23.5 Å². The summed E-state index contributed by atoms with van der Waals surface area (Å²) in [6.45, 7) is 2.26. The van der Waals surface area contributed by atoms with E-state index >= 15 is 0 Å². The average Bonchev–Trinajstić information content (AvgIpc) is 2.16. The molecule has 4 heteroatoms. The van der Waals surface area contributed by atoms with Gasteiger partial charge in [0.1, 0.15) is 5.75 Å². The smallest absolute Gasteiger partial charge is 0.282 e. The van der Waals surface area contributed by atoms with Gasteiger partial charge in [-0.2, -0.15) is 0 Å². The summed E-state index contributed by atoms with van der Waals surface area (Å²) in [5, 5.41) is 27.7. The topological polar surface area (TPSA) is 69.9 Å². The highest BCUT2D eigenvalue weighted by atomic mass is 16.7. The fourth-order valence-corrected chi connectivity index (χ4v) is 1.98. The number of fused-ring (bicyclic) bond motifs is 1. The molecule has 0 saturated heterocycles. The molecule has 1 aromatic rings. The van der Waals surface area contributed by atoms with Crippen LogP contribution >= 0.6 is 0 Å². The Bertz CT molecular complexity index is 367. The van der Waals surface area contributed by atoms with Gasteiger partial charge in [0.15, 0.2) is 0 Å². The van der Waals surface area contributed by atoms with Gasteiger partial charge in [-0.25, -0.2) is 0 Å². The van der Waals surface area contributed by atoms with Gasteiger partial charge >= 0.3 is 0 Å². The Morgan fingerprint density at radius 1 is 1.33 bits per heavy atom. The first-order chi connectivity index (χ1) is 7.00. The summed E-state index contributed by atoms with van der Waals surface area (Å²) in [6.07, 6.45) is 0.389. The molecule has 0 amide bonds. The molecular weight excluding hydrogens is 196 g/mol. The van der Waals surface area contributed by atoms with Crippen LogP contribution in [0, 0.1) is 6.92 Å². The van der Waals surface area contributed by atoms with Gasteiger partial charge in [-0.3, -0.25) is 0 Å². The van der Waals surface area contributed by atoms with E-state index in [-0.39, 0.29) is 0 Å². The molecule has 15 heavy (non-hydrogen) atoms. The van der Waals surface area contributed by atoms with Gasteiger partial charge in [-0.05, 0) is 18.9 Å². The molecule has 0 spiro atoms. The number of ether oxygens (including phenoxy) is 1. The third-order valence-corrected chi connectivity index (χ3v) is 2.74. The first-order valence-electron chi connectivity index (χ1n) is 4.89. The predicted molar refractivity (Wildman–Crippen MR) is 53.4 cm³/mol. The lowest BCUT2D eigenvalue weighted by molar-refractivity contribution is -0.327. The molecule has 4 nitrogen and oxygen atoms in total. The van der Waals surface area contributed by atoms with Crippen molar-refractivity contribution in [3.8, 4) is 5.75 Å². The van der Waals surface area contributed by atoms with E-state index in [1.54, 1.807) is 6.07 Å². The van der Waals surface area contributed by atoms with Crippen LogP contribution in [0.15, 0.2) is 18.2 Å². The highest BCUT2D eigenvalue weighted by molar-refractivity contribution is 5.44. The van der Waals surface area contributed by atoms with Crippen LogP contribution in [-0.2, 0) is 0 Å². The molecule has 0 saturated carbocycles. The minimum Gasteiger partial charge on any atom is -0.493 e. The third kappa shape index (κ3) is 1.84. The quantitative estimate of drug-likeness (QED) is 0.590. The number of para-hydroxylation sites is 1. The Morgan fingerprint density at radius 2 is 2.07 bits per heavy atom. The maximum atomic E-state index is 9.24. The lowest BCUT2D eigenvalue weighted by atomic mass is 9.89. The van der Waals surface area contributed by atoms with Crippen molar-refractivity contribution in [1.82, 2.24) is 0 Å². The van der Waals surface area contributed by atoms with Crippen LogP contribution in [0.5, 0.6) is 5.75 Å². The minimum absolute atomic E-state index is 0.381. The van der Waals surface area contributed by atoms with Crippen LogP contribution < -0.4 is 4.74 Å². The maximum absolute atomic E-state index is 9.24. The largest absolute Gasteiger partial charge is 0.493 e. The summed E-state index contributed by atoms with van der Waals surface area (Å²) in [4.78, 5) is 0. The van der Waals surface area contributed by atoms with Crippen molar-refractivity contribution in [2.24, 2.45) is 0 Å². The Hall–Kier alpha value is -1.10. The molecule has 1 aromatic carbocycles. The summed E-state index contributed by atoms with van der Waals surface area (Å²) >= 11 is 0. The summed E-state index contributed by atoms with van der Waals surface area (Å²) in [5.74, 6) is -2.73. The Labute approximate surface area is 87.7 Å². The zero-order valence-electron chi connectivity index (χ0n) is 8.47. The van der Waals surface area contributed by atoms with Crippen LogP contribution in [0.3, 0.4) is 0 Å². The van der Waals surface area contributed by atoms with Gasteiger partial charge < -0.3 is 20.1 Å². The second-order valence-corrected chi connectivity index (χ2v) is 3.87. The molecule has 1 heterocycles. The van der Waals surface area contributed by atoms with E-state index in [1.165, 1.54) is 0 Å². The zero-order chi connectivity index (χ0) is 11.1. The number of rotatable bonds is 1. The highest BCUT2D eigenvalue weighted by Crippen LogP contribution is 2.39. The molecule has 1 aliphatic heterocycles. The van der Waals surface area contributed by atoms with Crippen molar-refractivity contribution in [2.75, 3.05) is 6.61 Å². The van der Waals surface area contributed by atoms with Crippen molar-refractivity contribution < 1.29 is 20.1 Å². The summed E-state index contributed by atoms with van der Waals surface area (Å²) < 4.78 is 5.45. The standard InChI is InChI=1S/C11H14O4/c1-7-3-2-4-8-9(11(12,13)14)5-6-15-10(7)8/h2-4,9,12-14H,5-6H2,1H3. The van der Waals surface area contributed by atoms with Crippen molar-refractivity contribution in [2.45, 2.75) is 25.2 Å². The van der Waals surface area contributed by atoms with Gasteiger partial charge in [0.25, 0.3) is 5.97 Å². The lowest BCUT2D eigenvalue weighted by Gasteiger charge is -2.32. The molecule has 0 radical (unpaired) electrons. The van der Waals surface area contributed by atoms with Gasteiger partial charge in [0.2, 0.25) is 0 Å². The van der Waals surface area contributed by atoms with Gasteiger partial charge in [0.05, 0.1) is 12.5 Å². The molecular formula is C11H14O4. The van der Waals surface area contributed by atoms with Gasteiger partial charge in [0, 0.05) is 5.56 Å². The molecule has 3 N–H and O–H groups in total. The van der Waals surface area contributed by atoms with Crippen LogP contribution in [0.2, 0.25) is 0 Å². The monoisotopic (exact) mass is 210 g/mol. The Kier molecular flexibility index (Phi) is 2.42. The van der Waals surface area contributed by atoms with E-state index < -0.39 is 11.9 Å². The predicted octanol–water partition coefficient (Wildman–Crippen LogP) is 0.492. The van der Waals surface area contributed by atoms with Crippen LogP contribution in [0.4, 0.5) is 0 Å². The Morgan fingerprint density at radius 3 is 2.73 bits per heavy atom. The van der Waals surface area contributed by atoms with Crippen LogP contribution in [0.25, 0.3) is 0 Å². The average molecular weight is 210 g/mol. The number of benzene rings is 1. The van der Waals surface area contributed by atoms with E-state index in [2.05, 4.69) is 0 Å². The number of hydrogen-bond donors (Lipinski definition) is 3. The number of hydrogen-bond acceptors (Lipinski definition) is 4. The maximum Gasteiger partial charge on any atom is 0.282 e. The highest BCUT2D eigenvalue weighted by Gasteiger charge is 2.37. The lowest BCUT2D eigenvalue weighted by Crippen LogP contribution is -2.38. The van der Waals surface area contributed by atoms with Crippen molar-refractivity contribution in [3.63, 3.8) is 0 Å². The second kappa shape index (κ2) is 3.48. The normalized spacial score (nSPS) is 20.7. The van der Waals surface area contributed by atoms with E-state index in [0.717, 1.165) is 5.56 Å². The third-order valence-electron chi connectivity index (χ3n) is 2.74. The molecule has 0 aliphatic carbocycles. The molecule has 0 bridgehead atoms. The van der Waals surface area contributed by atoms with Gasteiger partial charge in [-0.1, -0.05) is 18.2 Å². The fraction of sp³-hybridized carbons (Fsp3) is 0.455. The van der Waals surface area contributed by atoms with Crippen molar-refractivity contribution in [1.29, 1.82) is 0 Å². The second-order valence-electron chi connectivity index (χ2n) is 3.87. The molecule has 1 unspecified atom stereocenters. The molecule has 2 rings (SSSR count). The summed E-state index contributed by atoms with van der Waals surface area (Å²) in [7, 11) is 0. The zero-order valence-corrected chi connectivity index (χ0v) is 8.47. The molecule has 0 aromatic heterocycles. The first kappa shape index (κ1) is 10.4. The van der Waals surface area contributed by atoms with Crippen molar-refractivity contribution in [3.05, 3.63) is 29.3 Å². The van der Waals surface area contributed by atoms with Crippen molar-refractivity contribution >= 4 is 0 Å². The molecule has 0 fully saturated rings. The Balaban J connectivity index is 2.48. The van der Waals surface area contributed by atoms with E-state index in [1.807, 2.05) is 19.1 Å². The van der Waals surface area contributed by atoms with E-state index in [0.29, 0.717) is 24.3 Å².